The molecule has 1 saturated carbocycles. The normalized spacial score (nSPS) is 35.4. The Kier molecular flexibility index (Phi) is 2.07. The Hall–Kier alpha value is -0.530. The van der Waals surface area contributed by atoms with Crippen LogP contribution in [0.3, 0.4) is 0 Å². The minimum Gasteiger partial charge on any atom is -0.357 e. The zero-order valence-electron chi connectivity index (χ0n) is 7.84. The van der Waals surface area contributed by atoms with Crippen molar-refractivity contribution in [3.63, 3.8) is 0 Å². The Morgan fingerprint density at radius 2 is 2.33 bits per heavy atom. The summed E-state index contributed by atoms with van der Waals surface area (Å²) in [5.41, 5.74) is 0. The van der Waals surface area contributed by atoms with Crippen molar-refractivity contribution < 1.29 is 0 Å². The predicted molar refractivity (Wildman–Crippen MR) is 50.5 cm³/mol. The van der Waals surface area contributed by atoms with Crippen LogP contribution in [-0.4, -0.2) is 23.3 Å². The van der Waals surface area contributed by atoms with Gasteiger partial charge in [-0.3, -0.25) is 5.41 Å². The molecule has 2 fully saturated rings. The van der Waals surface area contributed by atoms with Crippen LogP contribution in [0.15, 0.2) is 0 Å². The SMILES string of the molecule is CCC1CC1N1CCCCC1=N. The molecule has 0 aromatic carbocycles. The van der Waals surface area contributed by atoms with Gasteiger partial charge in [-0.1, -0.05) is 13.3 Å². The first-order valence-corrected chi connectivity index (χ1v) is 5.17. The first-order chi connectivity index (χ1) is 5.83. The summed E-state index contributed by atoms with van der Waals surface area (Å²) in [6, 6.07) is 0.753. The quantitative estimate of drug-likeness (QED) is 0.669. The van der Waals surface area contributed by atoms with E-state index < -0.39 is 0 Å². The third-order valence-electron chi connectivity index (χ3n) is 3.22. The van der Waals surface area contributed by atoms with E-state index in [2.05, 4.69) is 11.8 Å². The fourth-order valence-electron chi connectivity index (χ4n) is 2.27. The smallest absolute Gasteiger partial charge is 0.0960 e. The number of rotatable bonds is 2. The lowest BCUT2D eigenvalue weighted by Crippen LogP contribution is -2.37. The second-order valence-electron chi connectivity index (χ2n) is 4.07. The summed E-state index contributed by atoms with van der Waals surface area (Å²) in [5, 5.41) is 7.81. The van der Waals surface area contributed by atoms with Gasteiger partial charge in [-0.15, -0.1) is 0 Å². The van der Waals surface area contributed by atoms with Gasteiger partial charge in [0, 0.05) is 19.0 Å². The molecule has 0 bridgehead atoms. The third-order valence-corrected chi connectivity index (χ3v) is 3.22. The summed E-state index contributed by atoms with van der Waals surface area (Å²) in [6.07, 6.45) is 6.20. The average molecular weight is 166 g/mol. The van der Waals surface area contributed by atoms with Gasteiger partial charge in [-0.05, 0) is 25.2 Å². The molecule has 1 saturated heterocycles. The van der Waals surface area contributed by atoms with Gasteiger partial charge in [-0.2, -0.15) is 0 Å². The minimum atomic E-state index is 0.753. The van der Waals surface area contributed by atoms with Crippen LogP contribution >= 0.6 is 0 Å². The van der Waals surface area contributed by atoms with E-state index in [-0.39, 0.29) is 0 Å². The van der Waals surface area contributed by atoms with Crippen molar-refractivity contribution in [2.24, 2.45) is 5.92 Å². The van der Waals surface area contributed by atoms with Gasteiger partial charge in [0.1, 0.15) is 0 Å². The second kappa shape index (κ2) is 3.08. The Balaban J connectivity index is 1.90. The van der Waals surface area contributed by atoms with Crippen molar-refractivity contribution in [2.75, 3.05) is 6.54 Å². The summed E-state index contributed by atoms with van der Waals surface area (Å²) in [6.45, 7) is 3.41. The third kappa shape index (κ3) is 1.35. The molecule has 0 aromatic rings. The molecule has 2 nitrogen and oxygen atoms in total. The molecule has 1 heterocycles. The average Bonchev–Trinajstić information content (AvgIpc) is 2.84. The zero-order chi connectivity index (χ0) is 8.55. The molecule has 68 valence electrons. The van der Waals surface area contributed by atoms with E-state index in [0.717, 1.165) is 30.8 Å². The molecule has 0 amide bonds. The molecule has 1 aliphatic carbocycles. The van der Waals surface area contributed by atoms with Crippen LogP contribution < -0.4 is 0 Å². The molecular weight excluding hydrogens is 148 g/mol. The molecule has 2 heteroatoms. The first kappa shape index (κ1) is 8.09. The maximum Gasteiger partial charge on any atom is 0.0960 e. The molecule has 2 atom stereocenters. The number of likely N-dealkylation sites (tertiary alicyclic amines) is 1. The number of hydrogen-bond donors (Lipinski definition) is 1. The molecule has 2 aliphatic rings. The molecule has 1 aliphatic heterocycles. The topological polar surface area (TPSA) is 27.1 Å². The lowest BCUT2D eigenvalue weighted by atomic mass is 10.1. The monoisotopic (exact) mass is 166 g/mol. The Bertz CT molecular complexity index is 188. The molecule has 0 radical (unpaired) electrons. The van der Waals surface area contributed by atoms with Gasteiger partial charge in [0.15, 0.2) is 0 Å². The van der Waals surface area contributed by atoms with Crippen molar-refractivity contribution in [1.82, 2.24) is 4.90 Å². The predicted octanol–water partition coefficient (Wildman–Crippen LogP) is 2.25. The van der Waals surface area contributed by atoms with E-state index in [1.807, 2.05) is 0 Å². The minimum absolute atomic E-state index is 0.753. The lowest BCUT2D eigenvalue weighted by Gasteiger charge is -2.29. The number of piperidine rings is 1. The van der Waals surface area contributed by atoms with Crippen molar-refractivity contribution in [1.29, 1.82) is 5.41 Å². The molecule has 0 spiro atoms. The number of hydrogen-bond acceptors (Lipinski definition) is 1. The molecule has 12 heavy (non-hydrogen) atoms. The Morgan fingerprint density at radius 1 is 1.50 bits per heavy atom. The Morgan fingerprint density at radius 3 is 2.92 bits per heavy atom. The van der Waals surface area contributed by atoms with Gasteiger partial charge < -0.3 is 4.90 Å². The summed E-state index contributed by atoms with van der Waals surface area (Å²) >= 11 is 0. The second-order valence-corrected chi connectivity index (χ2v) is 4.07. The number of amidine groups is 1. The van der Waals surface area contributed by atoms with Gasteiger partial charge >= 0.3 is 0 Å². The molecule has 1 N–H and O–H groups in total. The van der Waals surface area contributed by atoms with E-state index in [1.54, 1.807) is 0 Å². The lowest BCUT2D eigenvalue weighted by molar-refractivity contribution is 0.342. The molecule has 0 aromatic heterocycles. The van der Waals surface area contributed by atoms with Crippen LogP contribution in [0.2, 0.25) is 0 Å². The largest absolute Gasteiger partial charge is 0.357 e. The number of nitrogens with zero attached hydrogens (tertiary/aromatic N) is 1. The molecular formula is C10H18N2. The maximum absolute atomic E-state index is 7.81. The first-order valence-electron chi connectivity index (χ1n) is 5.17. The van der Waals surface area contributed by atoms with E-state index in [1.165, 1.54) is 25.7 Å². The van der Waals surface area contributed by atoms with Crippen molar-refractivity contribution in [3.05, 3.63) is 0 Å². The molecule has 2 unspecified atom stereocenters. The van der Waals surface area contributed by atoms with Gasteiger partial charge in [0.25, 0.3) is 0 Å². The van der Waals surface area contributed by atoms with Crippen LogP contribution in [0.4, 0.5) is 0 Å². The highest BCUT2D eigenvalue weighted by Crippen LogP contribution is 2.39. The van der Waals surface area contributed by atoms with Crippen molar-refractivity contribution >= 4 is 5.84 Å². The van der Waals surface area contributed by atoms with E-state index in [9.17, 15) is 0 Å². The van der Waals surface area contributed by atoms with Crippen molar-refractivity contribution in [2.45, 2.75) is 45.1 Å². The highest BCUT2D eigenvalue weighted by atomic mass is 15.2. The van der Waals surface area contributed by atoms with Crippen molar-refractivity contribution in [3.8, 4) is 0 Å². The molecule has 2 rings (SSSR count). The van der Waals surface area contributed by atoms with Crippen LogP contribution in [0.5, 0.6) is 0 Å². The highest BCUT2D eigenvalue weighted by Gasteiger charge is 2.41. The zero-order valence-corrected chi connectivity index (χ0v) is 7.84. The summed E-state index contributed by atoms with van der Waals surface area (Å²) in [4.78, 5) is 2.34. The van der Waals surface area contributed by atoms with Crippen LogP contribution in [-0.2, 0) is 0 Å². The fourth-order valence-corrected chi connectivity index (χ4v) is 2.27. The number of nitrogens with one attached hydrogen (secondary N) is 1. The maximum atomic E-state index is 7.81. The van der Waals surface area contributed by atoms with E-state index >= 15 is 0 Å². The summed E-state index contributed by atoms with van der Waals surface area (Å²) in [5.74, 6) is 1.81. The van der Waals surface area contributed by atoms with Crippen LogP contribution in [0, 0.1) is 11.3 Å². The Labute approximate surface area is 74.5 Å². The van der Waals surface area contributed by atoms with Gasteiger partial charge in [0.05, 0.1) is 5.84 Å². The van der Waals surface area contributed by atoms with Gasteiger partial charge in [0.2, 0.25) is 0 Å². The summed E-state index contributed by atoms with van der Waals surface area (Å²) in [7, 11) is 0. The summed E-state index contributed by atoms with van der Waals surface area (Å²) < 4.78 is 0. The van der Waals surface area contributed by atoms with E-state index in [0.29, 0.717) is 0 Å². The highest BCUT2D eigenvalue weighted by molar-refractivity contribution is 5.80. The van der Waals surface area contributed by atoms with E-state index in [4.69, 9.17) is 5.41 Å². The van der Waals surface area contributed by atoms with Gasteiger partial charge in [-0.25, -0.2) is 0 Å². The standard InChI is InChI=1S/C10H18N2/c1-2-8-7-9(8)12-6-4-3-5-10(12)11/h8-9,11H,2-7H2,1H3. The van der Waals surface area contributed by atoms with Crippen LogP contribution in [0.1, 0.15) is 39.0 Å². The van der Waals surface area contributed by atoms with Crippen LogP contribution in [0.25, 0.3) is 0 Å². The fraction of sp³-hybridized carbons (Fsp3) is 0.900.